The third-order valence-corrected chi connectivity index (χ3v) is 2.28. The first-order chi connectivity index (χ1) is 8.26. The fourth-order valence-electron chi connectivity index (χ4n) is 1.44. The molecular weight excluding hydrogens is 216 g/mol. The Hall–Kier alpha value is -1.80. The predicted octanol–water partition coefficient (Wildman–Crippen LogP) is 0.627. The maximum Gasteiger partial charge on any atom is 0.239 e. The molecule has 0 fully saturated rings. The zero-order valence-electron chi connectivity index (χ0n) is 10.1. The van der Waals surface area contributed by atoms with E-state index in [9.17, 15) is 4.79 Å². The van der Waals surface area contributed by atoms with Gasteiger partial charge < -0.3 is 15.2 Å². The summed E-state index contributed by atoms with van der Waals surface area (Å²) in [6.45, 7) is 4.53. The Morgan fingerprint density at radius 2 is 2.41 bits per heavy atom. The standard InChI is InChI=1S/C12H18N4O/c1-2-14-8-11-4-7-16(9-11)10-12(17)15-6-3-5-13/h4,7,9,14H,2-3,6,8,10H2,1H3,(H,15,17). The minimum Gasteiger partial charge on any atom is -0.354 e. The summed E-state index contributed by atoms with van der Waals surface area (Å²) < 4.78 is 1.84. The molecule has 0 atom stereocenters. The van der Waals surface area contributed by atoms with Crippen molar-refractivity contribution in [3.05, 3.63) is 24.0 Å². The van der Waals surface area contributed by atoms with Gasteiger partial charge in [-0.25, -0.2) is 0 Å². The largest absolute Gasteiger partial charge is 0.354 e. The maximum atomic E-state index is 11.5. The van der Waals surface area contributed by atoms with Crippen molar-refractivity contribution in [1.29, 1.82) is 5.26 Å². The molecule has 5 heteroatoms. The van der Waals surface area contributed by atoms with E-state index in [-0.39, 0.29) is 5.91 Å². The molecule has 0 saturated heterocycles. The van der Waals surface area contributed by atoms with E-state index in [4.69, 9.17) is 5.26 Å². The zero-order valence-corrected chi connectivity index (χ0v) is 10.1. The number of carbonyl (C=O) groups excluding carboxylic acids is 1. The first-order valence-electron chi connectivity index (χ1n) is 5.75. The van der Waals surface area contributed by atoms with Gasteiger partial charge in [0.05, 0.1) is 12.5 Å². The van der Waals surface area contributed by atoms with E-state index in [1.165, 1.54) is 0 Å². The Balaban J connectivity index is 2.33. The first kappa shape index (κ1) is 13.3. The fraction of sp³-hybridized carbons (Fsp3) is 0.500. The van der Waals surface area contributed by atoms with Crippen LogP contribution in [0.1, 0.15) is 18.9 Å². The summed E-state index contributed by atoms with van der Waals surface area (Å²) in [5, 5.41) is 14.3. The molecule has 0 radical (unpaired) electrons. The second-order valence-corrected chi connectivity index (χ2v) is 3.73. The molecule has 17 heavy (non-hydrogen) atoms. The van der Waals surface area contributed by atoms with Crippen LogP contribution in [-0.2, 0) is 17.9 Å². The van der Waals surface area contributed by atoms with E-state index < -0.39 is 0 Å². The third kappa shape index (κ3) is 5.18. The molecule has 1 aromatic rings. The number of nitriles is 1. The topological polar surface area (TPSA) is 69.8 Å². The van der Waals surface area contributed by atoms with Crippen LogP contribution in [0.2, 0.25) is 0 Å². The lowest BCUT2D eigenvalue weighted by Gasteiger charge is -2.03. The normalized spacial score (nSPS) is 9.88. The summed E-state index contributed by atoms with van der Waals surface area (Å²) in [5.74, 6) is -0.0640. The van der Waals surface area contributed by atoms with Gasteiger partial charge in [0.2, 0.25) is 5.91 Å². The molecule has 0 spiro atoms. The molecule has 0 aliphatic carbocycles. The Bertz CT molecular complexity index is 391. The van der Waals surface area contributed by atoms with Crippen molar-refractivity contribution in [2.75, 3.05) is 13.1 Å². The second kappa shape index (κ2) is 7.47. The molecule has 0 unspecified atom stereocenters. The minimum atomic E-state index is -0.0640. The SMILES string of the molecule is CCNCc1ccn(CC(=O)NCCC#N)c1. The number of nitrogens with zero attached hydrogens (tertiary/aromatic N) is 2. The molecule has 0 saturated carbocycles. The summed E-state index contributed by atoms with van der Waals surface area (Å²) in [5.41, 5.74) is 1.16. The van der Waals surface area contributed by atoms with Gasteiger partial charge in [-0.15, -0.1) is 0 Å². The average Bonchev–Trinajstić information content (AvgIpc) is 2.74. The van der Waals surface area contributed by atoms with E-state index in [0.29, 0.717) is 19.5 Å². The molecule has 0 bridgehead atoms. The van der Waals surface area contributed by atoms with Crippen LogP contribution in [0.4, 0.5) is 0 Å². The Kier molecular flexibility index (Phi) is 5.83. The van der Waals surface area contributed by atoms with Gasteiger partial charge in [0.25, 0.3) is 0 Å². The van der Waals surface area contributed by atoms with Gasteiger partial charge in [-0.05, 0) is 18.2 Å². The van der Waals surface area contributed by atoms with Crippen molar-refractivity contribution in [2.45, 2.75) is 26.4 Å². The molecule has 1 amide bonds. The van der Waals surface area contributed by atoms with Crippen molar-refractivity contribution in [2.24, 2.45) is 0 Å². The van der Waals surface area contributed by atoms with Crippen LogP contribution in [0, 0.1) is 11.3 Å². The molecule has 0 aromatic carbocycles. The highest BCUT2D eigenvalue weighted by Gasteiger charge is 2.02. The highest BCUT2D eigenvalue weighted by atomic mass is 16.1. The molecule has 1 aromatic heterocycles. The number of rotatable bonds is 7. The van der Waals surface area contributed by atoms with Crippen molar-refractivity contribution in [3.63, 3.8) is 0 Å². The van der Waals surface area contributed by atoms with Crippen LogP contribution in [0.15, 0.2) is 18.5 Å². The van der Waals surface area contributed by atoms with E-state index in [0.717, 1.165) is 18.7 Å². The summed E-state index contributed by atoms with van der Waals surface area (Å²) in [6.07, 6.45) is 4.19. The Morgan fingerprint density at radius 3 is 3.12 bits per heavy atom. The van der Waals surface area contributed by atoms with Crippen LogP contribution < -0.4 is 10.6 Å². The van der Waals surface area contributed by atoms with Crippen LogP contribution in [0.25, 0.3) is 0 Å². The highest BCUT2D eigenvalue weighted by molar-refractivity contribution is 5.75. The lowest BCUT2D eigenvalue weighted by atomic mass is 10.3. The number of hydrogen-bond donors (Lipinski definition) is 2. The monoisotopic (exact) mass is 234 g/mol. The summed E-state index contributed by atoms with van der Waals surface area (Å²) in [4.78, 5) is 11.5. The lowest BCUT2D eigenvalue weighted by molar-refractivity contribution is -0.121. The minimum absolute atomic E-state index is 0.0640. The smallest absolute Gasteiger partial charge is 0.239 e. The van der Waals surface area contributed by atoms with Crippen LogP contribution >= 0.6 is 0 Å². The Labute approximate surface area is 101 Å². The first-order valence-corrected chi connectivity index (χ1v) is 5.75. The van der Waals surface area contributed by atoms with Gasteiger partial charge in [0.1, 0.15) is 6.54 Å². The lowest BCUT2D eigenvalue weighted by Crippen LogP contribution is -2.27. The summed E-state index contributed by atoms with van der Waals surface area (Å²) in [6, 6.07) is 3.98. The van der Waals surface area contributed by atoms with Crippen LogP contribution in [-0.4, -0.2) is 23.6 Å². The number of hydrogen-bond acceptors (Lipinski definition) is 3. The quantitative estimate of drug-likeness (QED) is 0.680. The highest BCUT2D eigenvalue weighted by Crippen LogP contribution is 2.00. The number of aromatic nitrogens is 1. The molecule has 92 valence electrons. The van der Waals surface area contributed by atoms with Gasteiger partial charge in [-0.1, -0.05) is 6.92 Å². The van der Waals surface area contributed by atoms with Gasteiger partial charge in [-0.2, -0.15) is 5.26 Å². The van der Waals surface area contributed by atoms with Gasteiger partial charge >= 0.3 is 0 Å². The Morgan fingerprint density at radius 1 is 1.59 bits per heavy atom. The molecule has 0 aliphatic rings. The fourth-order valence-corrected chi connectivity index (χ4v) is 1.44. The van der Waals surface area contributed by atoms with Crippen molar-refractivity contribution < 1.29 is 4.79 Å². The molecule has 1 rings (SSSR count). The zero-order chi connectivity index (χ0) is 12.5. The number of amides is 1. The molecule has 2 N–H and O–H groups in total. The average molecular weight is 234 g/mol. The van der Waals surface area contributed by atoms with Crippen LogP contribution in [0.3, 0.4) is 0 Å². The van der Waals surface area contributed by atoms with E-state index >= 15 is 0 Å². The summed E-state index contributed by atoms with van der Waals surface area (Å²) in [7, 11) is 0. The van der Waals surface area contributed by atoms with E-state index in [2.05, 4.69) is 17.6 Å². The molecule has 0 aliphatic heterocycles. The summed E-state index contributed by atoms with van der Waals surface area (Å²) >= 11 is 0. The van der Waals surface area contributed by atoms with Gasteiger partial charge in [0.15, 0.2) is 0 Å². The predicted molar refractivity (Wildman–Crippen MR) is 65.1 cm³/mol. The second-order valence-electron chi connectivity index (χ2n) is 3.73. The number of nitrogens with one attached hydrogen (secondary N) is 2. The molecule has 5 nitrogen and oxygen atoms in total. The molecular formula is C12H18N4O. The van der Waals surface area contributed by atoms with Gasteiger partial charge in [-0.3, -0.25) is 4.79 Å². The number of carbonyl (C=O) groups is 1. The third-order valence-electron chi connectivity index (χ3n) is 2.28. The molecule has 1 heterocycles. The van der Waals surface area contributed by atoms with E-state index in [1.807, 2.05) is 29.1 Å². The van der Waals surface area contributed by atoms with Gasteiger partial charge in [0, 0.05) is 25.5 Å². The van der Waals surface area contributed by atoms with Crippen LogP contribution in [0.5, 0.6) is 0 Å². The van der Waals surface area contributed by atoms with Crippen molar-refractivity contribution >= 4 is 5.91 Å². The van der Waals surface area contributed by atoms with Crippen molar-refractivity contribution in [1.82, 2.24) is 15.2 Å². The maximum absolute atomic E-state index is 11.5. The van der Waals surface area contributed by atoms with Crippen molar-refractivity contribution in [3.8, 4) is 6.07 Å². The van der Waals surface area contributed by atoms with E-state index in [1.54, 1.807) is 0 Å².